The van der Waals surface area contributed by atoms with Gasteiger partial charge in [0, 0.05) is 18.6 Å². The molecule has 1 aromatic rings. The van der Waals surface area contributed by atoms with Gasteiger partial charge in [-0.2, -0.15) is 4.31 Å². The van der Waals surface area contributed by atoms with Gasteiger partial charge in [-0.15, -0.1) is 0 Å². The quantitative estimate of drug-likeness (QED) is 0.827. The van der Waals surface area contributed by atoms with Crippen molar-refractivity contribution in [3.05, 3.63) is 23.7 Å². The molecule has 2 aliphatic rings. The van der Waals surface area contributed by atoms with E-state index in [4.69, 9.17) is 4.42 Å². The minimum absolute atomic E-state index is 0.165. The molecule has 1 aliphatic carbocycles. The number of aryl methyl sites for hydroxylation is 1. The smallest absolute Gasteiger partial charge is 0.211 e. The molecular weight excluding hydrogens is 312 g/mol. The zero-order valence-corrected chi connectivity index (χ0v) is 15.0. The second kappa shape index (κ2) is 6.95. The van der Waals surface area contributed by atoms with E-state index in [2.05, 4.69) is 4.90 Å². The second-order valence-corrected chi connectivity index (χ2v) is 8.94. The first-order valence-corrected chi connectivity index (χ1v) is 10.5. The third kappa shape index (κ3) is 4.17. The van der Waals surface area contributed by atoms with E-state index in [9.17, 15) is 8.42 Å². The Morgan fingerprint density at radius 2 is 1.83 bits per heavy atom. The van der Waals surface area contributed by atoms with Crippen LogP contribution in [0, 0.1) is 6.92 Å². The first-order chi connectivity index (χ1) is 10.9. The van der Waals surface area contributed by atoms with Crippen molar-refractivity contribution < 1.29 is 12.8 Å². The lowest BCUT2D eigenvalue weighted by Gasteiger charge is -2.40. The fraction of sp³-hybridized carbons (Fsp3) is 0.765. The minimum atomic E-state index is -3.12. The van der Waals surface area contributed by atoms with Gasteiger partial charge in [0.1, 0.15) is 11.5 Å². The molecule has 0 unspecified atom stereocenters. The standard InChI is InChI=1S/C17H28N2O3S/c1-14-8-9-17(22-14)13-18-11-4-7-16(10-12-18)19(23(2,20)21)15-5-3-6-15/h8-9,15-16H,3-7,10-13H2,1-2H3/t16-/m0/s1. The van der Waals surface area contributed by atoms with Crippen molar-refractivity contribution in [1.82, 2.24) is 9.21 Å². The third-order valence-corrected chi connectivity index (χ3v) is 6.51. The highest BCUT2D eigenvalue weighted by atomic mass is 32.2. The summed E-state index contributed by atoms with van der Waals surface area (Å²) in [6.07, 6.45) is 7.52. The van der Waals surface area contributed by atoms with Crippen molar-refractivity contribution in [3.63, 3.8) is 0 Å². The normalized spacial score (nSPS) is 24.6. The number of likely N-dealkylation sites (tertiary alicyclic amines) is 1. The van der Waals surface area contributed by atoms with E-state index in [-0.39, 0.29) is 12.1 Å². The van der Waals surface area contributed by atoms with Gasteiger partial charge in [-0.3, -0.25) is 4.90 Å². The van der Waals surface area contributed by atoms with Crippen LogP contribution in [0.4, 0.5) is 0 Å². The molecule has 1 aliphatic heterocycles. The molecule has 2 heterocycles. The monoisotopic (exact) mass is 340 g/mol. The summed E-state index contributed by atoms with van der Waals surface area (Å²) < 4.78 is 32.0. The number of furan rings is 1. The number of hydrogen-bond acceptors (Lipinski definition) is 4. The molecule has 23 heavy (non-hydrogen) atoms. The van der Waals surface area contributed by atoms with Crippen LogP contribution in [0.3, 0.4) is 0 Å². The van der Waals surface area contributed by atoms with Crippen LogP contribution in [0.5, 0.6) is 0 Å². The van der Waals surface area contributed by atoms with Crippen molar-refractivity contribution in [1.29, 1.82) is 0 Å². The number of hydrogen-bond donors (Lipinski definition) is 0. The maximum Gasteiger partial charge on any atom is 0.211 e. The van der Waals surface area contributed by atoms with Crippen molar-refractivity contribution in [2.24, 2.45) is 0 Å². The van der Waals surface area contributed by atoms with Crippen LogP contribution in [0.2, 0.25) is 0 Å². The van der Waals surface area contributed by atoms with Gasteiger partial charge in [-0.1, -0.05) is 6.42 Å². The van der Waals surface area contributed by atoms with Gasteiger partial charge in [0.15, 0.2) is 0 Å². The Labute approximate surface area is 139 Å². The highest BCUT2D eigenvalue weighted by Gasteiger charge is 2.37. The molecule has 0 aromatic carbocycles. The van der Waals surface area contributed by atoms with E-state index in [0.717, 1.165) is 69.7 Å². The first-order valence-electron chi connectivity index (χ1n) is 8.69. The van der Waals surface area contributed by atoms with E-state index in [0.29, 0.717) is 0 Å². The van der Waals surface area contributed by atoms with Gasteiger partial charge < -0.3 is 4.42 Å². The number of nitrogens with zero attached hydrogens (tertiary/aromatic N) is 2. The second-order valence-electron chi connectivity index (χ2n) is 7.05. The Hall–Kier alpha value is -0.850. The van der Waals surface area contributed by atoms with Gasteiger partial charge in [0.05, 0.1) is 12.8 Å². The minimum Gasteiger partial charge on any atom is -0.465 e. The summed E-state index contributed by atoms with van der Waals surface area (Å²) in [6, 6.07) is 4.44. The average Bonchev–Trinajstić information content (AvgIpc) is 2.68. The number of rotatable bonds is 5. The number of sulfonamides is 1. The molecule has 5 nitrogen and oxygen atoms in total. The molecule has 130 valence electrons. The van der Waals surface area contributed by atoms with Crippen molar-refractivity contribution in [2.75, 3.05) is 19.3 Å². The zero-order chi connectivity index (χ0) is 16.4. The van der Waals surface area contributed by atoms with Crippen LogP contribution in [0.1, 0.15) is 50.0 Å². The molecule has 0 N–H and O–H groups in total. The van der Waals surface area contributed by atoms with Crippen LogP contribution in [0.25, 0.3) is 0 Å². The van der Waals surface area contributed by atoms with E-state index in [1.807, 2.05) is 23.4 Å². The van der Waals surface area contributed by atoms with E-state index in [1.54, 1.807) is 0 Å². The van der Waals surface area contributed by atoms with Gasteiger partial charge >= 0.3 is 0 Å². The first kappa shape index (κ1) is 17.0. The molecule has 1 aromatic heterocycles. The Balaban J connectivity index is 1.62. The molecule has 6 heteroatoms. The molecule has 1 atom stereocenters. The Kier molecular flexibility index (Phi) is 5.13. The molecule has 1 saturated heterocycles. The lowest BCUT2D eigenvalue weighted by Crippen LogP contribution is -2.49. The fourth-order valence-corrected chi connectivity index (χ4v) is 5.33. The fourth-order valence-electron chi connectivity index (χ4n) is 3.82. The summed E-state index contributed by atoms with van der Waals surface area (Å²) in [6.45, 7) is 4.73. The van der Waals surface area contributed by atoms with Crippen LogP contribution in [0.15, 0.2) is 16.5 Å². The highest BCUT2D eigenvalue weighted by molar-refractivity contribution is 7.88. The van der Waals surface area contributed by atoms with Crippen molar-refractivity contribution in [2.45, 2.75) is 64.1 Å². The average molecular weight is 340 g/mol. The van der Waals surface area contributed by atoms with Gasteiger partial charge in [0.2, 0.25) is 10.0 Å². The lowest BCUT2D eigenvalue weighted by molar-refractivity contribution is 0.160. The van der Waals surface area contributed by atoms with Crippen LogP contribution in [-0.2, 0) is 16.6 Å². The van der Waals surface area contributed by atoms with E-state index < -0.39 is 10.0 Å². The van der Waals surface area contributed by atoms with Crippen molar-refractivity contribution >= 4 is 10.0 Å². The topological polar surface area (TPSA) is 53.8 Å². The largest absolute Gasteiger partial charge is 0.465 e. The third-order valence-electron chi connectivity index (χ3n) is 5.14. The van der Waals surface area contributed by atoms with Crippen LogP contribution < -0.4 is 0 Å². The molecule has 1 saturated carbocycles. The molecule has 0 bridgehead atoms. The maximum absolute atomic E-state index is 12.2. The summed E-state index contributed by atoms with van der Waals surface area (Å²) in [7, 11) is -3.12. The predicted molar refractivity (Wildman–Crippen MR) is 90.7 cm³/mol. The van der Waals surface area contributed by atoms with Gasteiger partial charge in [0.25, 0.3) is 0 Å². The molecule has 0 spiro atoms. The highest BCUT2D eigenvalue weighted by Crippen LogP contribution is 2.32. The summed E-state index contributed by atoms with van der Waals surface area (Å²) >= 11 is 0. The van der Waals surface area contributed by atoms with Crippen LogP contribution in [-0.4, -0.2) is 49.1 Å². The zero-order valence-electron chi connectivity index (χ0n) is 14.2. The van der Waals surface area contributed by atoms with E-state index >= 15 is 0 Å². The lowest BCUT2D eigenvalue weighted by atomic mass is 9.91. The molecule has 3 rings (SSSR count). The Morgan fingerprint density at radius 1 is 1.13 bits per heavy atom. The summed E-state index contributed by atoms with van der Waals surface area (Å²) in [4.78, 5) is 2.39. The van der Waals surface area contributed by atoms with E-state index in [1.165, 1.54) is 6.26 Å². The summed E-state index contributed by atoms with van der Waals surface area (Å²) in [5.74, 6) is 1.95. The summed E-state index contributed by atoms with van der Waals surface area (Å²) in [5, 5.41) is 0. The molecule has 2 fully saturated rings. The Morgan fingerprint density at radius 3 is 2.39 bits per heavy atom. The van der Waals surface area contributed by atoms with Gasteiger partial charge in [-0.05, 0) is 57.7 Å². The van der Waals surface area contributed by atoms with Gasteiger partial charge in [-0.25, -0.2) is 8.42 Å². The molecular formula is C17H28N2O3S. The molecule has 0 radical (unpaired) electrons. The van der Waals surface area contributed by atoms with Crippen LogP contribution >= 0.6 is 0 Å². The predicted octanol–water partition coefficient (Wildman–Crippen LogP) is 2.76. The summed E-state index contributed by atoms with van der Waals surface area (Å²) in [5.41, 5.74) is 0. The molecule has 0 amide bonds. The maximum atomic E-state index is 12.2. The van der Waals surface area contributed by atoms with Crippen molar-refractivity contribution in [3.8, 4) is 0 Å². The SMILES string of the molecule is Cc1ccc(CN2CCC[C@H](N(C3CCC3)S(C)(=O)=O)CC2)o1. The Bertz CT molecular complexity index is 622.